The first kappa shape index (κ1) is 18.5. The van der Waals surface area contributed by atoms with E-state index >= 15 is 0 Å². The van der Waals surface area contributed by atoms with Crippen molar-refractivity contribution < 1.29 is 13.9 Å². The predicted octanol–water partition coefficient (Wildman–Crippen LogP) is 3.49. The molecule has 2 heterocycles. The number of furan rings is 1. The highest BCUT2D eigenvalue weighted by Gasteiger charge is 2.18. The topological polar surface area (TPSA) is 54.7 Å². The zero-order valence-electron chi connectivity index (χ0n) is 15.7. The highest BCUT2D eigenvalue weighted by atomic mass is 16.5. The minimum atomic E-state index is -0.168. The monoisotopic (exact) mass is 356 g/mol. The molecule has 0 spiro atoms. The van der Waals surface area contributed by atoms with Crippen molar-refractivity contribution in [3.63, 3.8) is 0 Å². The van der Waals surface area contributed by atoms with Crippen LogP contribution in [-0.4, -0.2) is 37.6 Å². The van der Waals surface area contributed by atoms with Crippen LogP contribution in [0.5, 0.6) is 5.75 Å². The van der Waals surface area contributed by atoms with Gasteiger partial charge in [-0.3, -0.25) is 9.69 Å². The Hall–Kier alpha value is -2.27. The largest absolute Gasteiger partial charge is 0.496 e. The fraction of sp³-hybridized carbons (Fsp3) is 0.476. The van der Waals surface area contributed by atoms with Crippen LogP contribution in [0.25, 0.3) is 0 Å². The van der Waals surface area contributed by atoms with E-state index in [0.29, 0.717) is 12.3 Å². The van der Waals surface area contributed by atoms with Gasteiger partial charge in [0, 0.05) is 6.54 Å². The van der Waals surface area contributed by atoms with E-state index in [0.717, 1.165) is 49.0 Å². The number of amides is 1. The van der Waals surface area contributed by atoms with Gasteiger partial charge >= 0.3 is 0 Å². The zero-order valence-corrected chi connectivity index (χ0v) is 15.7. The van der Waals surface area contributed by atoms with Crippen LogP contribution in [0.1, 0.15) is 41.6 Å². The van der Waals surface area contributed by atoms with Crippen molar-refractivity contribution in [3.05, 3.63) is 53.5 Å². The van der Waals surface area contributed by atoms with Gasteiger partial charge in [-0.25, -0.2) is 0 Å². The van der Waals surface area contributed by atoms with Crippen LogP contribution < -0.4 is 10.1 Å². The summed E-state index contributed by atoms with van der Waals surface area (Å²) in [4.78, 5) is 14.7. The Morgan fingerprint density at radius 3 is 2.77 bits per heavy atom. The number of ether oxygens (including phenoxy) is 1. The minimum absolute atomic E-state index is 0.168. The molecule has 1 amide bonds. The number of carbonyl (C=O) groups is 1. The quantitative estimate of drug-likeness (QED) is 0.825. The molecule has 140 valence electrons. The summed E-state index contributed by atoms with van der Waals surface area (Å²) in [6, 6.07) is 11.5. The Morgan fingerprint density at radius 2 is 2.00 bits per heavy atom. The maximum absolute atomic E-state index is 12.3. The van der Waals surface area contributed by atoms with E-state index in [9.17, 15) is 4.79 Å². The number of para-hydroxylation sites is 1. The van der Waals surface area contributed by atoms with E-state index in [2.05, 4.69) is 17.1 Å². The molecule has 1 saturated heterocycles. The molecule has 26 heavy (non-hydrogen) atoms. The molecular formula is C21H28N2O3. The van der Waals surface area contributed by atoms with Gasteiger partial charge in [-0.2, -0.15) is 0 Å². The summed E-state index contributed by atoms with van der Waals surface area (Å²) in [6.45, 7) is 5.82. The summed E-state index contributed by atoms with van der Waals surface area (Å²) < 4.78 is 11.1. The molecule has 0 radical (unpaired) electrons. The van der Waals surface area contributed by atoms with Crippen LogP contribution in [-0.2, 0) is 13.0 Å². The lowest BCUT2D eigenvalue weighted by Crippen LogP contribution is -2.32. The van der Waals surface area contributed by atoms with Gasteiger partial charge in [0.15, 0.2) is 5.76 Å². The lowest BCUT2D eigenvalue weighted by Gasteiger charge is -2.29. The second kappa shape index (κ2) is 8.90. The maximum Gasteiger partial charge on any atom is 0.287 e. The van der Waals surface area contributed by atoms with Crippen LogP contribution >= 0.6 is 0 Å². The molecule has 0 aliphatic carbocycles. The SMILES string of the molecule is COc1ccccc1CCNC(=O)c1ccc(CN2CCC(C)CC2)o1. The van der Waals surface area contributed by atoms with Crippen LogP contribution in [0.15, 0.2) is 40.8 Å². The van der Waals surface area contributed by atoms with Crippen molar-refractivity contribution in [2.75, 3.05) is 26.7 Å². The summed E-state index contributed by atoms with van der Waals surface area (Å²) in [6.07, 6.45) is 3.18. The molecule has 0 atom stereocenters. The van der Waals surface area contributed by atoms with Crippen LogP contribution in [0.4, 0.5) is 0 Å². The number of piperidine rings is 1. The molecule has 0 saturated carbocycles. The number of nitrogens with one attached hydrogen (secondary N) is 1. The summed E-state index contributed by atoms with van der Waals surface area (Å²) in [5.74, 6) is 2.73. The Balaban J connectivity index is 1.47. The third kappa shape index (κ3) is 4.88. The third-order valence-corrected chi connectivity index (χ3v) is 5.01. The summed E-state index contributed by atoms with van der Waals surface area (Å²) >= 11 is 0. The van der Waals surface area contributed by atoms with E-state index in [-0.39, 0.29) is 5.91 Å². The highest BCUT2D eigenvalue weighted by molar-refractivity contribution is 5.91. The number of carbonyl (C=O) groups excluding carboxylic acids is 1. The summed E-state index contributed by atoms with van der Waals surface area (Å²) in [7, 11) is 1.66. The van der Waals surface area contributed by atoms with Gasteiger partial charge in [0.05, 0.1) is 13.7 Å². The molecule has 3 rings (SSSR count). The van der Waals surface area contributed by atoms with Crippen molar-refractivity contribution in [3.8, 4) is 5.75 Å². The van der Waals surface area contributed by atoms with Gasteiger partial charge in [-0.1, -0.05) is 25.1 Å². The van der Waals surface area contributed by atoms with Crippen molar-refractivity contribution >= 4 is 5.91 Å². The highest BCUT2D eigenvalue weighted by Crippen LogP contribution is 2.19. The molecule has 5 nitrogen and oxygen atoms in total. The van der Waals surface area contributed by atoms with Crippen molar-refractivity contribution in [2.45, 2.75) is 32.7 Å². The normalized spacial score (nSPS) is 15.8. The number of nitrogens with zero attached hydrogens (tertiary/aromatic N) is 1. The van der Waals surface area contributed by atoms with Crippen LogP contribution in [0.3, 0.4) is 0 Å². The van der Waals surface area contributed by atoms with E-state index in [1.54, 1.807) is 13.2 Å². The first-order chi connectivity index (χ1) is 12.7. The number of benzene rings is 1. The molecule has 2 aromatic rings. The Bertz CT molecular complexity index is 718. The van der Waals surface area contributed by atoms with E-state index in [1.807, 2.05) is 30.3 Å². The molecule has 5 heteroatoms. The average molecular weight is 356 g/mol. The van der Waals surface area contributed by atoms with Crippen LogP contribution in [0.2, 0.25) is 0 Å². The standard InChI is InChI=1S/C21H28N2O3/c1-16-10-13-23(14-11-16)15-18-7-8-20(26-18)21(24)22-12-9-17-5-3-4-6-19(17)25-2/h3-8,16H,9-15H2,1-2H3,(H,22,24). The molecular weight excluding hydrogens is 328 g/mol. The number of likely N-dealkylation sites (tertiary alicyclic amines) is 1. The molecule has 1 aliphatic rings. The Kier molecular flexibility index (Phi) is 6.34. The summed E-state index contributed by atoms with van der Waals surface area (Å²) in [5, 5.41) is 2.92. The molecule has 1 aromatic heterocycles. The van der Waals surface area contributed by atoms with Crippen molar-refractivity contribution in [1.82, 2.24) is 10.2 Å². The molecule has 1 aliphatic heterocycles. The number of rotatable bonds is 7. The van der Waals surface area contributed by atoms with E-state index < -0.39 is 0 Å². The summed E-state index contributed by atoms with van der Waals surface area (Å²) in [5.41, 5.74) is 1.08. The molecule has 1 aromatic carbocycles. The molecule has 1 N–H and O–H groups in total. The van der Waals surface area contributed by atoms with Crippen LogP contribution in [0, 0.1) is 5.92 Å². The molecule has 1 fully saturated rings. The zero-order chi connectivity index (χ0) is 18.4. The second-order valence-electron chi connectivity index (χ2n) is 7.04. The number of methoxy groups -OCH3 is 1. The van der Waals surface area contributed by atoms with Gasteiger partial charge in [-0.05, 0) is 62.0 Å². The van der Waals surface area contributed by atoms with Crippen molar-refractivity contribution in [2.24, 2.45) is 5.92 Å². The van der Waals surface area contributed by atoms with Crippen molar-refractivity contribution in [1.29, 1.82) is 0 Å². The van der Waals surface area contributed by atoms with E-state index in [1.165, 1.54) is 12.8 Å². The first-order valence-corrected chi connectivity index (χ1v) is 9.37. The van der Waals surface area contributed by atoms with Gasteiger partial charge in [0.25, 0.3) is 5.91 Å². The lowest BCUT2D eigenvalue weighted by atomic mass is 9.99. The third-order valence-electron chi connectivity index (χ3n) is 5.01. The molecule has 0 unspecified atom stereocenters. The van der Waals surface area contributed by atoms with E-state index in [4.69, 9.17) is 9.15 Å². The number of hydrogen-bond acceptors (Lipinski definition) is 4. The average Bonchev–Trinajstić information content (AvgIpc) is 3.12. The minimum Gasteiger partial charge on any atom is -0.496 e. The fourth-order valence-electron chi connectivity index (χ4n) is 3.33. The van der Waals surface area contributed by atoms with Gasteiger partial charge in [-0.15, -0.1) is 0 Å². The first-order valence-electron chi connectivity index (χ1n) is 9.37. The van der Waals surface area contributed by atoms with Gasteiger partial charge in [0.2, 0.25) is 0 Å². The Morgan fingerprint density at radius 1 is 1.23 bits per heavy atom. The van der Waals surface area contributed by atoms with Gasteiger partial charge < -0.3 is 14.5 Å². The fourth-order valence-corrected chi connectivity index (χ4v) is 3.33. The van der Waals surface area contributed by atoms with Gasteiger partial charge in [0.1, 0.15) is 11.5 Å². The molecule has 0 bridgehead atoms. The predicted molar refractivity (Wildman–Crippen MR) is 101 cm³/mol. The maximum atomic E-state index is 12.3. The smallest absolute Gasteiger partial charge is 0.287 e. The lowest BCUT2D eigenvalue weighted by molar-refractivity contribution is 0.0921. The second-order valence-corrected chi connectivity index (χ2v) is 7.04. The Labute approximate surface area is 155 Å². The number of hydrogen-bond donors (Lipinski definition) is 1.